The molecular weight excluding hydrogens is 330 g/mol. The molecule has 0 fully saturated rings. The second-order valence-corrected chi connectivity index (χ2v) is 7.60. The van der Waals surface area contributed by atoms with Crippen LogP contribution in [0.25, 0.3) is 21.5 Å². The SMILES string of the molecule is C=CCN1Cc2c(c3cc(OC)c(C)cc3c3cc(C)ccc23)C[C@H]1C=C. The number of hydrogen-bond acceptors (Lipinski definition) is 2. The molecule has 0 bridgehead atoms. The summed E-state index contributed by atoms with van der Waals surface area (Å²) >= 11 is 0. The molecule has 1 aliphatic rings. The molecule has 1 atom stereocenters. The van der Waals surface area contributed by atoms with Gasteiger partial charge in [0.25, 0.3) is 0 Å². The lowest BCUT2D eigenvalue weighted by molar-refractivity contribution is 0.229. The van der Waals surface area contributed by atoms with Crippen LogP contribution >= 0.6 is 0 Å². The molecule has 0 spiro atoms. The molecule has 3 aromatic carbocycles. The maximum atomic E-state index is 5.65. The van der Waals surface area contributed by atoms with E-state index in [9.17, 15) is 0 Å². The highest BCUT2D eigenvalue weighted by Crippen LogP contribution is 2.40. The van der Waals surface area contributed by atoms with Crippen molar-refractivity contribution in [2.45, 2.75) is 32.9 Å². The van der Waals surface area contributed by atoms with E-state index in [0.29, 0.717) is 6.04 Å². The summed E-state index contributed by atoms with van der Waals surface area (Å²) in [6.07, 6.45) is 5.03. The summed E-state index contributed by atoms with van der Waals surface area (Å²) in [5.41, 5.74) is 5.34. The molecule has 0 unspecified atom stereocenters. The van der Waals surface area contributed by atoms with Gasteiger partial charge in [0, 0.05) is 19.1 Å². The van der Waals surface area contributed by atoms with Gasteiger partial charge in [-0.05, 0) is 70.6 Å². The fourth-order valence-electron chi connectivity index (χ4n) is 4.52. The summed E-state index contributed by atoms with van der Waals surface area (Å²) in [6, 6.07) is 11.7. The summed E-state index contributed by atoms with van der Waals surface area (Å²) < 4.78 is 5.65. The van der Waals surface area contributed by atoms with Gasteiger partial charge in [0.2, 0.25) is 0 Å². The van der Waals surface area contributed by atoms with Crippen LogP contribution in [-0.2, 0) is 13.0 Å². The third-order valence-electron chi connectivity index (χ3n) is 5.89. The van der Waals surface area contributed by atoms with E-state index in [0.717, 1.165) is 25.3 Å². The van der Waals surface area contributed by atoms with Crippen molar-refractivity contribution in [3.05, 3.63) is 77.9 Å². The van der Waals surface area contributed by atoms with Crippen molar-refractivity contribution in [3.63, 3.8) is 0 Å². The Balaban J connectivity index is 2.10. The minimum Gasteiger partial charge on any atom is -0.496 e. The lowest BCUT2D eigenvalue weighted by atomic mass is 9.84. The van der Waals surface area contributed by atoms with Gasteiger partial charge in [-0.1, -0.05) is 35.9 Å². The first-order valence-corrected chi connectivity index (χ1v) is 9.57. The zero-order valence-corrected chi connectivity index (χ0v) is 16.5. The van der Waals surface area contributed by atoms with Gasteiger partial charge in [-0.15, -0.1) is 13.2 Å². The largest absolute Gasteiger partial charge is 0.496 e. The van der Waals surface area contributed by atoms with Crippen LogP contribution < -0.4 is 4.74 Å². The number of methoxy groups -OCH3 is 1. The van der Waals surface area contributed by atoms with Crippen LogP contribution in [0.3, 0.4) is 0 Å². The van der Waals surface area contributed by atoms with Gasteiger partial charge in [-0.25, -0.2) is 0 Å². The molecule has 27 heavy (non-hydrogen) atoms. The Morgan fingerprint density at radius 1 is 1.04 bits per heavy atom. The second kappa shape index (κ2) is 6.86. The molecular formula is C25H27NO. The maximum absolute atomic E-state index is 5.65. The Labute approximate surface area is 161 Å². The molecule has 2 heteroatoms. The second-order valence-electron chi connectivity index (χ2n) is 7.60. The molecule has 138 valence electrons. The van der Waals surface area contributed by atoms with Crippen LogP contribution in [0.2, 0.25) is 0 Å². The van der Waals surface area contributed by atoms with Crippen molar-refractivity contribution in [1.29, 1.82) is 0 Å². The molecule has 4 rings (SSSR count). The van der Waals surface area contributed by atoms with Crippen LogP contribution in [0.1, 0.15) is 22.3 Å². The number of aryl methyl sites for hydroxylation is 2. The quantitative estimate of drug-likeness (QED) is 0.437. The monoisotopic (exact) mass is 357 g/mol. The Morgan fingerprint density at radius 3 is 2.52 bits per heavy atom. The molecule has 0 aliphatic carbocycles. The van der Waals surface area contributed by atoms with E-state index in [1.807, 2.05) is 6.08 Å². The predicted octanol–water partition coefficient (Wildman–Crippen LogP) is 5.72. The Hall–Kier alpha value is -2.58. The molecule has 2 nitrogen and oxygen atoms in total. The minimum atomic E-state index is 0.328. The minimum absolute atomic E-state index is 0.328. The van der Waals surface area contributed by atoms with Crippen molar-refractivity contribution in [3.8, 4) is 5.75 Å². The molecule has 3 aromatic rings. The van der Waals surface area contributed by atoms with Crippen LogP contribution in [0.15, 0.2) is 55.6 Å². The molecule has 0 saturated carbocycles. The highest BCUT2D eigenvalue weighted by Gasteiger charge is 2.27. The summed E-state index contributed by atoms with van der Waals surface area (Å²) in [5.74, 6) is 0.959. The summed E-state index contributed by atoms with van der Waals surface area (Å²) in [7, 11) is 1.75. The smallest absolute Gasteiger partial charge is 0.122 e. The molecule has 0 amide bonds. The van der Waals surface area contributed by atoms with Gasteiger partial charge in [0.15, 0.2) is 0 Å². The number of ether oxygens (including phenoxy) is 1. The average Bonchev–Trinajstić information content (AvgIpc) is 2.67. The molecule has 0 N–H and O–H groups in total. The van der Waals surface area contributed by atoms with E-state index < -0.39 is 0 Å². The Bertz CT molecular complexity index is 1060. The van der Waals surface area contributed by atoms with Crippen molar-refractivity contribution in [1.82, 2.24) is 4.90 Å². The number of benzene rings is 3. The highest BCUT2D eigenvalue weighted by molar-refractivity contribution is 6.11. The number of hydrogen-bond donors (Lipinski definition) is 0. The van der Waals surface area contributed by atoms with E-state index >= 15 is 0 Å². The maximum Gasteiger partial charge on any atom is 0.122 e. The molecule has 0 radical (unpaired) electrons. The third-order valence-corrected chi connectivity index (χ3v) is 5.89. The predicted molar refractivity (Wildman–Crippen MR) is 116 cm³/mol. The third kappa shape index (κ3) is 2.85. The van der Waals surface area contributed by atoms with Crippen LogP contribution in [0.5, 0.6) is 5.75 Å². The van der Waals surface area contributed by atoms with E-state index in [1.54, 1.807) is 7.11 Å². The fourth-order valence-corrected chi connectivity index (χ4v) is 4.52. The first kappa shape index (κ1) is 17.8. The molecule has 0 saturated heterocycles. The standard InChI is InChI=1S/C25H27NO/c1-6-10-26-15-24-19-9-8-16(3)11-20(19)21-12-17(4)25(27-5)14-23(21)22(24)13-18(26)7-2/h6-9,11-12,14,18H,1-2,10,13,15H2,3-5H3/t18-/m1/s1. The molecule has 0 aromatic heterocycles. The van der Waals surface area contributed by atoms with Crippen LogP contribution in [0, 0.1) is 13.8 Å². The van der Waals surface area contributed by atoms with E-state index in [-0.39, 0.29) is 0 Å². The van der Waals surface area contributed by atoms with Gasteiger partial charge >= 0.3 is 0 Å². The summed E-state index contributed by atoms with van der Waals surface area (Å²) in [6.45, 7) is 14.1. The van der Waals surface area contributed by atoms with E-state index in [2.05, 4.69) is 68.3 Å². The lowest BCUT2D eigenvalue weighted by Crippen LogP contribution is -2.39. The summed E-state index contributed by atoms with van der Waals surface area (Å²) in [5, 5.41) is 5.34. The van der Waals surface area contributed by atoms with E-state index in [4.69, 9.17) is 4.74 Å². The van der Waals surface area contributed by atoms with Crippen molar-refractivity contribution in [2.75, 3.05) is 13.7 Å². The van der Waals surface area contributed by atoms with Gasteiger partial charge in [0.1, 0.15) is 5.75 Å². The van der Waals surface area contributed by atoms with Gasteiger partial charge in [-0.2, -0.15) is 0 Å². The zero-order chi connectivity index (χ0) is 19.1. The lowest BCUT2D eigenvalue weighted by Gasteiger charge is -2.36. The number of rotatable bonds is 4. The average molecular weight is 357 g/mol. The van der Waals surface area contributed by atoms with Crippen molar-refractivity contribution in [2.24, 2.45) is 0 Å². The zero-order valence-electron chi connectivity index (χ0n) is 16.5. The van der Waals surface area contributed by atoms with Crippen molar-refractivity contribution < 1.29 is 4.74 Å². The summed E-state index contributed by atoms with van der Waals surface area (Å²) in [4.78, 5) is 2.46. The van der Waals surface area contributed by atoms with Crippen LogP contribution in [0.4, 0.5) is 0 Å². The topological polar surface area (TPSA) is 12.5 Å². The van der Waals surface area contributed by atoms with Gasteiger partial charge in [0.05, 0.1) is 7.11 Å². The fraction of sp³-hybridized carbons (Fsp3) is 0.280. The highest BCUT2D eigenvalue weighted by atomic mass is 16.5. The Morgan fingerprint density at radius 2 is 1.81 bits per heavy atom. The van der Waals surface area contributed by atoms with Gasteiger partial charge < -0.3 is 4.74 Å². The number of nitrogens with zero attached hydrogens (tertiary/aromatic N) is 1. The number of fused-ring (bicyclic) bond motifs is 6. The van der Waals surface area contributed by atoms with Crippen LogP contribution in [-0.4, -0.2) is 24.6 Å². The van der Waals surface area contributed by atoms with Gasteiger partial charge in [-0.3, -0.25) is 4.90 Å². The first-order chi connectivity index (χ1) is 13.1. The van der Waals surface area contributed by atoms with Crippen molar-refractivity contribution >= 4 is 21.5 Å². The first-order valence-electron chi connectivity index (χ1n) is 9.57. The van der Waals surface area contributed by atoms with E-state index in [1.165, 1.54) is 43.8 Å². The molecule has 1 heterocycles. The normalized spacial score (nSPS) is 17.1. The molecule has 1 aliphatic heterocycles. The Kier molecular flexibility index (Phi) is 4.53.